The van der Waals surface area contributed by atoms with Crippen LogP contribution in [0.3, 0.4) is 0 Å². The Balaban J connectivity index is 2.25. The van der Waals surface area contributed by atoms with Crippen LogP contribution in [-0.2, 0) is 16.0 Å². The number of methoxy groups -OCH3 is 1. The summed E-state index contributed by atoms with van der Waals surface area (Å²) < 4.78 is 4.91. The first-order chi connectivity index (χ1) is 8.24. The minimum Gasteiger partial charge on any atom is -0.506 e. The zero-order chi connectivity index (χ0) is 12.3. The van der Waals surface area contributed by atoms with Crippen LogP contribution in [0.15, 0.2) is 18.2 Å². The SMILES string of the molecule is COCCC(=O)N1CCCc2cccc(O)c21. The van der Waals surface area contributed by atoms with Gasteiger partial charge >= 0.3 is 0 Å². The summed E-state index contributed by atoms with van der Waals surface area (Å²) in [5, 5.41) is 9.88. The molecule has 4 nitrogen and oxygen atoms in total. The Bertz CT molecular complexity index is 417. The first-order valence-corrected chi connectivity index (χ1v) is 5.84. The highest BCUT2D eigenvalue weighted by molar-refractivity contribution is 5.96. The predicted molar refractivity (Wildman–Crippen MR) is 65.3 cm³/mol. The van der Waals surface area contributed by atoms with Crippen molar-refractivity contribution in [3.63, 3.8) is 0 Å². The topological polar surface area (TPSA) is 49.8 Å². The molecule has 0 spiro atoms. The average Bonchev–Trinajstić information content (AvgIpc) is 2.35. The molecule has 1 aliphatic heterocycles. The number of amides is 1. The minimum absolute atomic E-state index is 0.00861. The van der Waals surface area contributed by atoms with Gasteiger partial charge < -0.3 is 14.7 Å². The lowest BCUT2D eigenvalue weighted by Gasteiger charge is -2.30. The number of aryl methyl sites for hydroxylation is 1. The van der Waals surface area contributed by atoms with E-state index in [-0.39, 0.29) is 11.7 Å². The van der Waals surface area contributed by atoms with Crippen molar-refractivity contribution in [2.45, 2.75) is 19.3 Å². The molecule has 2 rings (SSSR count). The van der Waals surface area contributed by atoms with Gasteiger partial charge in [-0.25, -0.2) is 0 Å². The van der Waals surface area contributed by atoms with Crippen LogP contribution in [0, 0.1) is 0 Å². The van der Waals surface area contributed by atoms with Gasteiger partial charge in [-0.05, 0) is 24.5 Å². The third kappa shape index (κ3) is 2.42. The highest BCUT2D eigenvalue weighted by Crippen LogP contribution is 2.35. The molecular formula is C13H17NO3. The third-order valence-corrected chi connectivity index (χ3v) is 3.02. The molecule has 0 aliphatic carbocycles. The van der Waals surface area contributed by atoms with Crippen LogP contribution in [0.25, 0.3) is 0 Å². The lowest BCUT2D eigenvalue weighted by Crippen LogP contribution is -2.36. The molecule has 0 radical (unpaired) electrons. The molecule has 1 amide bonds. The van der Waals surface area contributed by atoms with Crippen molar-refractivity contribution in [2.24, 2.45) is 0 Å². The smallest absolute Gasteiger partial charge is 0.229 e. The Morgan fingerprint density at radius 3 is 3.12 bits per heavy atom. The van der Waals surface area contributed by atoms with Gasteiger partial charge in [-0.1, -0.05) is 12.1 Å². The van der Waals surface area contributed by atoms with Gasteiger partial charge in [0.1, 0.15) is 5.75 Å². The second kappa shape index (κ2) is 5.19. The summed E-state index contributed by atoms with van der Waals surface area (Å²) in [5.74, 6) is 0.197. The number of para-hydroxylation sites is 1. The molecule has 1 N–H and O–H groups in total. The minimum atomic E-state index is 0.00861. The summed E-state index contributed by atoms with van der Waals surface area (Å²) >= 11 is 0. The van der Waals surface area contributed by atoms with Crippen LogP contribution < -0.4 is 4.90 Å². The van der Waals surface area contributed by atoms with Gasteiger partial charge in [0.25, 0.3) is 0 Å². The Kier molecular flexibility index (Phi) is 3.64. The predicted octanol–water partition coefficient (Wildman–Crippen LogP) is 1.71. The Hall–Kier alpha value is -1.55. The number of carbonyl (C=O) groups is 1. The fourth-order valence-corrected chi connectivity index (χ4v) is 2.20. The maximum atomic E-state index is 12.0. The summed E-state index contributed by atoms with van der Waals surface area (Å²) in [6.45, 7) is 1.09. The molecule has 1 aromatic rings. The van der Waals surface area contributed by atoms with E-state index >= 15 is 0 Å². The quantitative estimate of drug-likeness (QED) is 0.867. The Morgan fingerprint density at radius 2 is 2.35 bits per heavy atom. The summed E-state index contributed by atoms with van der Waals surface area (Å²) in [7, 11) is 1.58. The summed E-state index contributed by atoms with van der Waals surface area (Å²) in [5.41, 5.74) is 1.72. The third-order valence-electron chi connectivity index (χ3n) is 3.02. The molecule has 0 bridgehead atoms. The monoisotopic (exact) mass is 235 g/mol. The lowest BCUT2D eigenvalue weighted by atomic mass is 10.0. The van der Waals surface area contributed by atoms with Crippen molar-refractivity contribution in [2.75, 3.05) is 25.2 Å². The maximum absolute atomic E-state index is 12.0. The number of phenolic OH excluding ortho intramolecular Hbond substituents is 1. The molecule has 0 fully saturated rings. The molecule has 0 saturated heterocycles. The fraction of sp³-hybridized carbons (Fsp3) is 0.462. The zero-order valence-electron chi connectivity index (χ0n) is 9.98. The first-order valence-electron chi connectivity index (χ1n) is 5.84. The highest BCUT2D eigenvalue weighted by Gasteiger charge is 2.24. The van der Waals surface area contributed by atoms with E-state index in [4.69, 9.17) is 4.74 Å². The van der Waals surface area contributed by atoms with Crippen molar-refractivity contribution in [3.05, 3.63) is 23.8 Å². The van der Waals surface area contributed by atoms with E-state index in [0.717, 1.165) is 18.4 Å². The second-order valence-corrected chi connectivity index (χ2v) is 4.18. The average molecular weight is 235 g/mol. The number of rotatable bonds is 3. The van der Waals surface area contributed by atoms with Crippen LogP contribution in [0.1, 0.15) is 18.4 Å². The van der Waals surface area contributed by atoms with Gasteiger partial charge in [0.2, 0.25) is 5.91 Å². The van der Waals surface area contributed by atoms with E-state index in [1.54, 1.807) is 18.1 Å². The van der Waals surface area contributed by atoms with Crippen LogP contribution in [0.5, 0.6) is 5.75 Å². The Morgan fingerprint density at radius 1 is 1.53 bits per heavy atom. The van der Waals surface area contributed by atoms with E-state index in [2.05, 4.69) is 0 Å². The first kappa shape index (κ1) is 11.9. The number of carbonyl (C=O) groups excluding carboxylic acids is 1. The number of ether oxygens (including phenoxy) is 1. The zero-order valence-corrected chi connectivity index (χ0v) is 9.98. The number of hydrogen-bond donors (Lipinski definition) is 1. The number of benzene rings is 1. The van der Waals surface area contributed by atoms with E-state index in [0.29, 0.717) is 25.3 Å². The van der Waals surface area contributed by atoms with Gasteiger partial charge in [0.05, 0.1) is 18.7 Å². The molecule has 0 saturated carbocycles. The lowest BCUT2D eigenvalue weighted by molar-refractivity contribution is -0.119. The Labute approximate surface area is 101 Å². The van der Waals surface area contributed by atoms with E-state index in [9.17, 15) is 9.90 Å². The van der Waals surface area contributed by atoms with Gasteiger partial charge in [-0.2, -0.15) is 0 Å². The standard InChI is InChI=1S/C13H17NO3/c1-17-9-7-12(16)14-8-3-5-10-4-2-6-11(15)13(10)14/h2,4,6,15H,3,5,7-9H2,1H3. The number of nitrogens with zero attached hydrogens (tertiary/aromatic N) is 1. The van der Waals surface area contributed by atoms with Crippen molar-refractivity contribution in [1.82, 2.24) is 0 Å². The summed E-state index contributed by atoms with van der Waals surface area (Å²) in [6, 6.07) is 5.41. The van der Waals surface area contributed by atoms with Crippen molar-refractivity contribution >= 4 is 11.6 Å². The van der Waals surface area contributed by atoms with Gasteiger partial charge in [-0.15, -0.1) is 0 Å². The van der Waals surface area contributed by atoms with E-state index in [1.165, 1.54) is 0 Å². The fourth-order valence-electron chi connectivity index (χ4n) is 2.20. The van der Waals surface area contributed by atoms with Crippen LogP contribution >= 0.6 is 0 Å². The molecule has 0 unspecified atom stereocenters. The largest absolute Gasteiger partial charge is 0.506 e. The molecule has 0 atom stereocenters. The van der Waals surface area contributed by atoms with E-state index in [1.807, 2.05) is 12.1 Å². The van der Waals surface area contributed by atoms with E-state index < -0.39 is 0 Å². The van der Waals surface area contributed by atoms with Gasteiger partial charge in [-0.3, -0.25) is 4.79 Å². The number of phenols is 1. The van der Waals surface area contributed by atoms with Crippen molar-refractivity contribution in [3.8, 4) is 5.75 Å². The number of hydrogen-bond acceptors (Lipinski definition) is 3. The number of aromatic hydroxyl groups is 1. The van der Waals surface area contributed by atoms with Crippen molar-refractivity contribution < 1.29 is 14.6 Å². The maximum Gasteiger partial charge on any atom is 0.229 e. The van der Waals surface area contributed by atoms with Crippen LogP contribution in [0.2, 0.25) is 0 Å². The molecule has 4 heteroatoms. The van der Waals surface area contributed by atoms with Crippen LogP contribution in [-0.4, -0.2) is 31.3 Å². The second-order valence-electron chi connectivity index (χ2n) is 4.18. The van der Waals surface area contributed by atoms with Gasteiger partial charge in [0.15, 0.2) is 0 Å². The molecule has 1 aliphatic rings. The molecule has 1 heterocycles. The summed E-state index contributed by atoms with van der Waals surface area (Å²) in [4.78, 5) is 13.7. The van der Waals surface area contributed by atoms with Gasteiger partial charge in [0, 0.05) is 13.7 Å². The molecule has 0 aromatic heterocycles. The normalized spacial score (nSPS) is 14.5. The summed E-state index contributed by atoms with van der Waals surface area (Å²) in [6.07, 6.45) is 2.21. The highest BCUT2D eigenvalue weighted by atomic mass is 16.5. The number of anilines is 1. The molecule has 17 heavy (non-hydrogen) atoms. The molecule has 92 valence electrons. The molecule has 1 aromatic carbocycles. The molecular weight excluding hydrogens is 218 g/mol. The van der Waals surface area contributed by atoms with Crippen LogP contribution in [0.4, 0.5) is 5.69 Å². The van der Waals surface area contributed by atoms with Crippen molar-refractivity contribution in [1.29, 1.82) is 0 Å². The number of fused-ring (bicyclic) bond motifs is 1.